The Hall–Kier alpha value is -3.57. The van der Waals surface area contributed by atoms with Crippen LogP contribution in [0, 0.1) is 0 Å². The molecule has 2 aliphatic rings. The van der Waals surface area contributed by atoms with E-state index in [1.807, 2.05) is 65.3 Å². The maximum atomic E-state index is 6.63. The lowest BCUT2D eigenvalue weighted by atomic mass is 9.84. The van der Waals surface area contributed by atoms with Crippen molar-refractivity contribution in [1.82, 2.24) is 14.8 Å². The van der Waals surface area contributed by atoms with E-state index in [-0.39, 0.29) is 12.1 Å². The van der Waals surface area contributed by atoms with Gasteiger partial charge in [0, 0.05) is 21.7 Å². The number of fused-ring (bicyclic) bond motifs is 3. The van der Waals surface area contributed by atoms with Gasteiger partial charge in [-0.25, -0.2) is 4.68 Å². The second-order valence-corrected chi connectivity index (χ2v) is 7.72. The lowest BCUT2D eigenvalue weighted by Crippen LogP contribution is -2.32. The van der Waals surface area contributed by atoms with Crippen molar-refractivity contribution in [2.45, 2.75) is 12.1 Å². The summed E-state index contributed by atoms with van der Waals surface area (Å²) in [6.07, 6.45) is 1.22. The number of rotatable bonds is 2. The lowest BCUT2D eigenvalue weighted by molar-refractivity contribution is 0.223. The summed E-state index contributed by atoms with van der Waals surface area (Å²) in [4.78, 5) is 4.45. The van der Waals surface area contributed by atoms with Gasteiger partial charge in [-0.1, -0.05) is 72.3 Å². The number of halogens is 1. The molecular weight excluding hydrogens is 396 g/mol. The molecule has 0 unspecified atom stereocenters. The third-order valence-corrected chi connectivity index (χ3v) is 5.97. The molecule has 6 rings (SSSR count). The molecule has 3 aromatic carbocycles. The van der Waals surface area contributed by atoms with Gasteiger partial charge in [-0.05, 0) is 23.8 Å². The summed E-state index contributed by atoms with van der Waals surface area (Å²) >= 11 is 6.63. The zero-order valence-electron chi connectivity index (χ0n) is 15.9. The van der Waals surface area contributed by atoms with Crippen LogP contribution in [0.1, 0.15) is 28.8 Å². The summed E-state index contributed by atoms with van der Waals surface area (Å²) in [5.74, 6) is 1.52. The summed E-state index contributed by atoms with van der Waals surface area (Å²) in [6.45, 7) is 0. The normalized spacial score (nSPS) is 19.2. The minimum absolute atomic E-state index is 0.172. The number of para-hydroxylation sites is 1. The number of hydrogen-bond acceptors (Lipinski definition) is 4. The van der Waals surface area contributed by atoms with Crippen LogP contribution >= 0.6 is 11.6 Å². The molecule has 0 bridgehead atoms. The number of nitrogens with one attached hydrogen (secondary N) is 1. The van der Waals surface area contributed by atoms with Crippen LogP contribution in [0.2, 0.25) is 5.02 Å². The van der Waals surface area contributed by atoms with Gasteiger partial charge in [0.05, 0.1) is 5.70 Å². The van der Waals surface area contributed by atoms with Gasteiger partial charge in [0.2, 0.25) is 5.95 Å². The van der Waals surface area contributed by atoms with Crippen molar-refractivity contribution in [3.8, 4) is 5.75 Å². The smallest absolute Gasteiger partial charge is 0.226 e. The summed E-state index contributed by atoms with van der Waals surface area (Å²) < 4.78 is 8.48. The minimum Gasteiger partial charge on any atom is -0.480 e. The third-order valence-electron chi connectivity index (χ3n) is 5.62. The molecule has 1 aromatic heterocycles. The van der Waals surface area contributed by atoms with Crippen molar-refractivity contribution in [3.05, 3.63) is 112 Å². The predicted molar refractivity (Wildman–Crippen MR) is 116 cm³/mol. The number of nitrogens with zero attached hydrogens (tertiary/aromatic N) is 3. The molecule has 30 heavy (non-hydrogen) atoms. The second-order valence-electron chi connectivity index (χ2n) is 7.31. The van der Waals surface area contributed by atoms with E-state index in [0.29, 0.717) is 11.0 Å². The molecule has 0 saturated heterocycles. The Kier molecular flexibility index (Phi) is 3.89. The highest BCUT2D eigenvalue weighted by molar-refractivity contribution is 6.31. The monoisotopic (exact) mass is 412 g/mol. The molecule has 6 heteroatoms. The Morgan fingerprint density at radius 2 is 1.67 bits per heavy atom. The molecule has 2 aliphatic heterocycles. The van der Waals surface area contributed by atoms with Crippen LogP contribution in [0.3, 0.4) is 0 Å². The van der Waals surface area contributed by atoms with E-state index < -0.39 is 0 Å². The molecular formula is C24H17ClN4O. The van der Waals surface area contributed by atoms with Crippen LogP contribution in [0.15, 0.2) is 90.8 Å². The van der Waals surface area contributed by atoms with E-state index in [1.54, 1.807) is 6.33 Å². The van der Waals surface area contributed by atoms with Crippen molar-refractivity contribution < 1.29 is 4.74 Å². The first-order valence-electron chi connectivity index (χ1n) is 9.77. The first-order valence-corrected chi connectivity index (χ1v) is 10.1. The first-order chi connectivity index (χ1) is 14.8. The Bertz CT molecular complexity index is 1280. The first kappa shape index (κ1) is 17.3. The predicted octanol–water partition coefficient (Wildman–Crippen LogP) is 5.49. The standard InChI is InChI=1S/C24H17ClN4O/c25-18-12-6-4-10-16(18)23-20-21(17-11-5-7-13-19(17)30-23)28-24-26-14-27-29(24)22(20)15-8-2-1-3-9-15/h1-14,22-23H,(H,26,27,28)/t22-,23-/m1/s1. The van der Waals surface area contributed by atoms with Crippen LogP contribution in [0.4, 0.5) is 5.95 Å². The van der Waals surface area contributed by atoms with E-state index >= 15 is 0 Å². The maximum Gasteiger partial charge on any atom is 0.226 e. The molecule has 2 atom stereocenters. The van der Waals surface area contributed by atoms with E-state index in [1.165, 1.54) is 0 Å². The molecule has 0 aliphatic carbocycles. The van der Waals surface area contributed by atoms with E-state index in [9.17, 15) is 0 Å². The van der Waals surface area contributed by atoms with Crippen molar-refractivity contribution in [2.24, 2.45) is 0 Å². The number of benzene rings is 3. The maximum absolute atomic E-state index is 6.63. The van der Waals surface area contributed by atoms with Crippen LogP contribution in [-0.4, -0.2) is 14.8 Å². The Morgan fingerprint density at radius 3 is 2.53 bits per heavy atom. The van der Waals surface area contributed by atoms with Crippen molar-refractivity contribution in [2.75, 3.05) is 5.32 Å². The Labute approximate surface area is 178 Å². The fraction of sp³-hybridized carbons (Fsp3) is 0.0833. The highest BCUT2D eigenvalue weighted by Crippen LogP contribution is 2.51. The summed E-state index contributed by atoms with van der Waals surface area (Å²) in [7, 11) is 0. The highest BCUT2D eigenvalue weighted by Gasteiger charge is 2.41. The number of ether oxygens (including phenoxy) is 1. The fourth-order valence-electron chi connectivity index (χ4n) is 4.32. The molecule has 1 N–H and O–H groups in total. The van der Waals surface area contributed by atoms with Gasteiger partial charge in [0.15, 0.2) is 6.10 Å². The molecule has 5 nitrogen and oxygen atoms in total. The number of hydrogen-bond donors (Lipinski definition) is 1. The van der Waals surface area contributed by atoms with Gasteiger partial charge in [-0.2, -0.15) is 10.1 Å². The topological polar surface area (TPSA) is 52.0 Å². The molecule has 0 amide bonds. The molecule has 0 fully saturated rings. The van der Waals surface area contributed by atoms with Gasteiger partial charge in [0.25, 0.3) is 0 Å². The van der Waals surface area contributed by atoms with E-state index in [4.69, 9.17) is 16.3 Å². The minimum atomic E-state index is -0.362. The van der Waals surface area contributed by atoms with Crippen LogP contribution in [-0.2, 0) is 0 Å². The molecule has 146 valence electrons. The van der Waals surface area contributed by atoms with Gasteiger partial charge in [0.1, 0.15) is 18.1 Å². The zero-order chi connectivity index (χ0) is 20.1. The number of anilines is 1. The van der Waals surface area contributed by atoms with Crippen LogP contribution in [0.5, 0.6) is 5.75 Å². The van der Waals surface area contributed by atoms with Crippen molar-refractivity contribution >= 4 is 23.2 Å². The van der Waals surface area contributed by atoms with Gasteiger partial charge < -0.3 is 10.1 Å². The quantitative estimate of drug-likeness (QED) is 0.473. The SMILES string of the molecule is Clc1ccccc1[C@H]1Oc2ccccc2C2=C1[C@@H](c1ccccc1)n1ncnc1N2. The molecule has 3 heterocycles. The average molecular weight is 413 g/mol. The van der Waals surface area contributed by atoms with Gasteiger partial charge >= 0.3 is 0 Å². The highest BCUT2D eigenvalue weighted by atomic mass is 35.5. The van der Waals surface area contributed by atoms with Gasteiger partial charge in [-0.3, -0.25) is 0 Å². The van der Waals surface area contributed by atoms with Crippen molar-refractivity contribution in [1.29, 1.82) is 0 Å². The molecule has 0 spiro atoms. The van der Waals surface area contributed by atoms with E-state index in [2.05, 4.69) is 33.6 Å². The number of aromatic nitrogens is 3. The van der Waals surface area contributed by atoms with Crippen LogP contribution in [0.25, 0.3) is 5.70 Å². The molecule has 0 saturated carbocycles. The van der Waals surface area contributed by atoms with Gasteiger partial charge in [-0.15, -0.1) is 0 Å². The lowest BCUT2D eigenvalue weighted by Gasteiger charge is -2.39. The molecule has 4 aromatic rings. The second kappa shape index (κ2) is 6.75. The Balaban J connectivity index is 1.66. The third kappa shape index (κ3) is 2.56. The largest absolute Gasteiger partial charge is 0.480 e. The zero-order valence-corrected chi connectivity index (χ0v) is 16.6. The summed E-state index contributed by atoms with van der Waals surface area (Å²) in [6, 6.07) is 26.0. The fourth-order valence-corrected chi connectivity index (χ4v) is 4.55. The Morgan fingerprint density at radius 1 is 0.900 bits per heavy atom. The molecule has 0 radical (unpaired) electrons. The summed E-state index contributed by atoms with van der Waals surface area (Å²) in [5.41, 5.74) is 5.10. The van der Waals surface area contributed by atoms with E-state index in [0.717, 1.165) is 33.7 Å². The van der Waals surface area contributed by atoms with Crippen LogP contribution < -0.4 is 10.1 Å². The van der Waals surface area contributed by atoms with Crippen molar-refractivity contribution in [3.63, 3.8) is 0 Å². The average Bonchev–Trinajstić information content (AvgIpc) is 3.26. The summed E-state index contributed by atoms with van der Waals surface area (Å²) in [5, 5.41) is 8.70.